The van der Waals surface area contributed by atoms with Crippen molar-refractivity contribution < 1.29 is 0 Å². The maximum Gasteiger partial charge on any atom is 0.0246 e. The summed E-state index contributed by atoms with van der Waals surface area (Å²) in [6.07, 6.45) is 3.10. The van der Waals surface area contributed by atoms with Gasteiger partial charge in [-0.1, -0.05) is 0 Å². The molecule has 2 saturated carbocycles. The fourth-order valence-corrected chi connectivity index (χ4v) is 1.69. The molecule has 0 amide bonds. The number of rotatable bonds is 1. The largest absolute Gasteiger partial charge is 0.295 e. The van der Waals surface area contributed by atoms with Gasteiger partial charge in [0.05, 0.1) is 0 Å². The molecule has 0 radical (unpaired) electrons. The molecule has 0 aromatic heterocycles. The molecule has 1 saturated heterocycles. The van der Waals surface area contributed by atoms with E-state index in [2.05, 4.69) is 4.90 Å². The van der Waals surface area contributed by atoms with E-state index in [0.717, 1.165) is 5.54 Å². The zero-order chi connectivity index (χ0) is 4.48. The van der Waals surface area contributed by atoms with Crippen molar-refractivity contribution in [2.24, 2.45) is 5.92 Å². The van der Waals surface area contributed by atoms with Gasteiger partial charge in [-0.05, 0) is 18.8 Å². The molecule has 1 aliphatic heterocycles. The van der Waals surface area contributed by atoms with Crippen LogP contribution in [0.5, 0.6) is 0 Å². The second kappa shape index (κ2) is 0.576. The van der Waals surface area contributed by atoms with E-state index < -0.39 is 0 Å². The third kappa shape index (κ3) is 0.213. The molecule has 0 N–H and O–H groups in total. The molecule has 3 fully saturated rings. The first-order chi connectivity index (χ1) is 3.42. The molecule has 38 valence electrons. The van der Waals surface area contributed by atoms with E-state index in [1.54, 1.807) is 12.8 Å². The molecule has 3 aliphatic rings. The van der Waals surface area contributed by atoms with E-state index in [1.165, 1.54) is 19.0 Å². The Bertz CT molecular complexity index is 120. The molecule has 0 aromatic rings. The van der Waals surface area contributed by atoms with Gasteiger partial charge < -0.3 is 0 Å². The van der Waals surface area contributed by atoms with Gasteiger partial charge in [-0.2, -0.15) is 0 Å². The van der Waals surface area contributed by atoms with Crippen LogP contribution in [0.25, 0.3) is 0 Å². The summed E-state index contributed by atoms with van der Waals surface area (Å²) in [4.78, 5) is 2.62. The Morgan fingerprint density at radius 1 is 1.29 bits per heavy atom. The summed E-state index contributed by atoms with van der Waals surface area (Å²) in [6.45, 7) is 2.83. The van der Waals surface area contributed by atoms with E-state index in [1.807, 2.05) is 0 Å². The van der Waals surface area contributed by atoms with Crippen LogP contribution in [0.4, 0.5) is 0 Å². The highest BCUT2D eigenvalue weighted by atomic mass is 15.4. The monoisotopic (exact) mass is 95.1 g/mol. The van der Waals surface area contributed by atoms with E-state index in [4.69, 9.17) is 0 Å². The summed E-state index contributed by atoms with van der Waals surface area (Å²) in [5.41, 5.74) is 0.861. The normalized spacial score (nSPS) is 64.3. The molecule has 7 heavy (non-hydrogen) atoms. The van der Waals surface area contributed by atoms with Gasteiger partial charge in [0.1, 0.15) is 0 Å². The fraction of sp³-hybridized carbons (Fsp3) is 1.00. The van der Waals surface area contributed by atoms with Gasteiger partial charge in [0, 0.05) is 18.6 Å². The van der Waals surface area contributed by atoms with E-state index >= 15 is 0 Å². The molecule has 1 nitrogen and oxygen atoms in total. The van der Waals surface area contributed by atoms with Gasteiger partial charge in [-0.3, -0.25) is 4.90 Å². The van der Waals surface area contributed by atoms with Crippen LogP contribution in [0, 0.1) is 5.92 Å². The average Bonchev–Trinajstić information content (AvgIpc) is 2.20. The van der Waals surface area contributed by atoms with Crippen LogP contribution in [0.3, 0.4) is 0 Å². The van der Waals surface area contributed by atoms with E-state index in [9.17, 15) is 0 Å². The van der Waals surface area contributed by atoms with Crippen molar-refractivity contribution in [3.05, 3.63) is 0 Å². The van der Waals surface area contributed by atoms with E-state index in [0.29, 0.717) is 0 Å². The number of hydrogen-bond acceptors (Lipinski definition) is 1. The average molecular weight is 95.1 g/mol. The van der Waals surface area contributed by atoms with Crippen LogP contribution >= 0.6 is 0 Å². The Balaban J connectivity index is 1.95. The standard InChI is InChI=1S/C6H9N/c1-2-7(1)6-3-5(6)4-6/h5H,1-4H2. The van der Waals surface area contributed by atoms with Gasteiger partial charge in [0.25, 0.3) is 0 Å². The Hall–Kier alpha value is -0.0400. The summed E-state index contributed by atoms with van der Waals surface area (Å²) in [5.74, 6) is 1.18. The first-order valence-corrected chi connectivity index (χ1v) is 3.17. The quantitative estimate of drug-likeness (QED) is 0.428. The van der Waals surface area contributed by atoms with Crippen molar-refractivity contribution >= 4 is 0 Å². The lowest BCUT2D eigenvalue weighted by Crippen LogP contribution is -2.07. The van der Waals surface area contributed by atoms with Crippen LogP contribution in [-0.4, -0.2) is 23.5 Å². The van der Waals surface area contributed by atoms with Crippen LogP contribution in [0.15, 0.2) is 0 Å². The van der Waals surface area contributed by atoms with Gasteiger partial charge in [0.2, 0.25) is 0 Å². The summed E-state index contributed by atoms with van der Waals surface area (Å²) in [6, 6.07) is 0. The lowest BCUT2D eigenvalue weighted by Gasteiger charge is -1.98. The maximum absolute atomic E-state index is 2.62. The molecule has 0 bridgehead atoms. The summed E-state index contributed by atoms with van der Waals surface area (Å²) >= 11 is 0. The van der Waals surface area contributed by atoms with Gasteiger partial charge in [-0.15, -0.1) is 0 Å². The van der Waals surface area contributed by atoms with Crippen molar-refractivity contribution in [2.75, 3.05) is 13.1 Å². The lowest BCUT2D eigenvalue weighted by atomic mass is 10.4. The number of hydrogen-bond donors (Lipinski definition) is 0. The first kappa shape index (κ1) is 3.08. The molecule has 3 rings (SSSR count). The van der Waals surface area contributed by atoms with Crippen LogP contribution < -0.4 is 0 Å². The van der Waals surface area contributed by atoms with Crippen LogP contribution in [0.1, 0.15) is 12.8 Å². The smallest absolute Gasteiger partial charge is 0.0246 e. The molecule has 1 heteroatoms. The SMILES string of the molecule is C1CN1C12CC1C2. The molecule has 2 aliphatic carbocycles. The molecule has 0 unspecified atom stereocenters. The summed E-state index contributed by atoms with van der Waals surface area (Å²) in [5, 5.41) is 0. The Morgan fingerprint density at radius 2 is 1.86 bits per heavy atom. The van der Waals surface area contributed by atoms with Crippen molar-refractivity contribution in [3.63, 3.8) is 0 Å². The van der Waals surface area contributed by atoms with Gasteiger partial charge >= 0.3 is 0 Å². The number of nitrogens with zero attached hydrogens (tertiary/aromatic N) is 1. The molecular weight excluding hydrogens is 86.1 g/mol. The van der Waals surface area contributed by atoms with Crippen LogP contribution in [-0.2, 0) is 0 Å². The summed E-state index contributed by atoms with van der Waals surface area (Å²) < 4.78 is 0. The van der Waals surface area contributed by atoms with Crippen LogP contribution in [0.2, 0.25) is 0 Å². The molecule has 1 heterocycles. The van der Waals surface area contributed by atoms with Crippen molar-refractivity contribution in [3.8, 4) is 0 Å². The molecule has 0 aromatic carbocycles. The third-order valence-electron chi connectivity index (χ3n) is 2.72. The highest BCUT2D eigenvalue weighted by molar-refractivity contribution is 5.29. The summed E-state index contributed by atoms with van der Waals surface area (Å²) in [7, 11) is 0. The zero-order valence-corrected chi connectivity index (χ0v) is 4.35. The number of fused-ring (bicyclic) bond motifs is 1. The predicted molar refractivity (Wildman–Crippen MR) is 27.0 cm³/mol. The third-order valence-corrected chi connectivity index (χ3v) is 2.72. The van der Waals surface area contributed by atoms with Gasteiger partial charge in [-0.25, -0.2) is 0 Å². The Labute approximate surface area is 43.3 Å². The highest BCUT2D eigenvalue weighted by Gasteiger charge is 2.74. The molecule has 0 atom stereocenters. The van der Waals surface area contributed by atoms with Crippen molar-refractivity contribution in [1.29, 1.82) is 0 Å². The fourth-order valence-electron chi connectivity index (χ4n) is 1.69. The molecule has 0 spiro atoms. The maximum atomic E-state index is 2.62. The lowest BCUT2D eigenvalue weighted by molar-refractivity contribution is 0.460. The first-order valence-electron chi connectivity index (χ1n) is 3.17. The minimum Gasteiger partial charge on any atom is -0.295 e. The van der Waals surface area contributed by atoms with Crippen molar-refractivity contribution in [1.82, 2.24) is 4.90 Å². The van der Waals surface area contributed by atoms with E-state index in [-0.39, 0.29) is 0 Å². The minimum absolute atomic E-state index is 0.861. The second-order valence-electron chi connectivity index (χ2n) is 3.20. The zero-order valence-electron chi connectivity index (χ0n) is 4.35. The topological polar surface area (TPSA) is 3.01 Å². The van der Waals surface area contributed by atoms with Gasteiger partial charge in [0.15, 0.2) is 0 Å². The van der Waals surface area contributed by atoms with Crippen molar-refractivity contribution in [2.45, 2.75) is 18.4 Å². The molecular formula is C6H9N. The Kier molecular flexibility index (Phi) is 0.253. The minimum atomic E-state index is 0.861. The Morgan fingerprint density at radius 3 is 2.00 bits per heavy atom. The highest BCUT2D eigenvalue weighted by Crippen LogP contribution is 2.71. The predicted octanol–water partition coefficient (Wildman–Crippen LogP) is 0.464. The second-order valence-corrected chi connectivity index (χ2v) is 3.20.